The lowest BCUT2D eigenvalue weighted by atomic mass is 10.2. The van der Waals surface area contributed by atoms with E-state index in [4.69, 9.17) is 0 Å². The van der Waals surface area contributed by atoms with Crippen molar-refractivity contribution < 1.29 is 4.79 Å². The van der Waals surface area contributed by atoms with Gasteiger partial charge < -0.3 is 4.90 Å². The molecule has 0 saturated carbocycles. The Morgan fingerprint density at radius 1 is 1.56 bits per heavy atom. The zero-order valence-electron chi connectivity index (χ0n) is 9.69. The highest BCUT2D eigenvalue weighted by Crippen LogP contribution is 2.09. The van der Waals surface area contributed by atoms with Crippen molar-refractivity contribution in [1.82, 2.24) is 9.88 Å². The standard InChI is InChI=1S/C12H17BrN2O/c1-10(2)15(12(16)5-6-13)9-11-4-3-7-14-8-11/h3-4,7-8,10H,5-6,9H2,1-2H3. The average Bonchev–Trinajstić information content (AvgIpc) is 2.27. The number of hydrogen-bond donors (Lipinski definition) is 0. The summed E-state index contributed by atoms with van der Waals surface area (Å²) >= 11 is 3.29. The van der Waals surface area contributed by atoms with E-state index in [1.54, 1.807) is 12.4 Å². The van der Waals surface area contributed by atoms with Crippen LogP contribution in [0.3, 0.4) is 0 Å². The van der Waals surface area contributed by atoms with Gasteiger partial charge in [-0.25, -0.2) is 0 Å². The van der Waals surface area contributed by atoms with Crippen molar-refractivity contribution in [2.75, 3.05) is 5.33 Å². The second-order valence-electron chi connectivity index (χ2n) is 3.92. The van der Waals surface area contributed by atoms with Gasteiger partial charge in [-0.2, -0.15) is 0 Å². The molecule has 16 heavy (non-hydrogen) atoms. The van der Waals surface area contributed by atoms with Gasteiger partial charge in [0.1, 0.15) is 0 Å². The Labute approximate surface area is 105 Å². The molecule has 1 aromatic heterocycles. The SMILES string of the molecule is CC(C)N(Cc1cccnc1)C(=O)CCBr. The Balaban J connectivity index is 2.69. The van der Waals surface area contributed by atoms with E-state index in [2.05, 4.69) is 20.9 Å². The lowest BCUT2D eigenvalue weighted by molar-refractivity contribution is -0.133. The van der Waals surface area contributed by atoms with E-state index in [-0.39, 0.29) is 11.9 Å². The number of amides is 1. The first-order valence-corrected chi connectivity index (χ1v) is 6.51. The number of carbonyl (C=O) groups excluding carboxylic acids is 1. The molecule has 4 heteroatoms. The Morgan fingerprint density at radius 2 is 2.31 bits per heavy atom. The highest BCUT2D eigenvalue weighted by atomic mass is 79.9. The van der Waals surface area contributed by atoms with Gasteiger partial charge in [-0.1, -0.05) is 22.0 Å². The summed E-state index contributed by atoms with van der Waals surface area (Å²) in [6, 6.07) is 4.10. The van der Waals surface area contributed by atoms with Crippen LogP contribution in [0.2, 0.25) is 0 Å². The zero-order valence-corrected chi connectivity index (χ0v) is 11.3. The molecular weight excluding hydrogens is 268 g/mol. The van der Waals surface area contributed by atoms with Crippen LogP contribution in [0.1, 0.15) is 25.8 Å². The molecule has 0 saturated heterocycles. The predicted molar refractivity (Wildman–Crippen MR) is 68.3 cm³/mol. The van der Waals surface area contributed by atoms with Crippen LogP contribution < -0.4 is 0 Å². The maximum absolute atomic E-state index is 11.9. The average molecular weight is 285 g/mol. The van der Waals surface area contributed by atoms with Crippen LogP contribution in [-0.2, 0) is 11.3 Å². The van der Waals surface area contributed by atoms with E-state index >= 15 is 0 Å². The second-order valence-corrected chi connectivity index (χ2v) is 4.71. The first-order valence-electron chi connectivity index (χ1n) is 5.39. The van der Waals surface area contributed by atoms with Gasteiger partial charge in [0, 0.05) is 36.7 Å². The highest BCUT2D eigenvalue weighted by Gasteiger charge is 2.16. The van der Waals surface area contributed by atoms with Gasteiger partial charge in [-0.3, -0.25) is 9.78 Å². The van der Waals surface area contributed by atoms with Crippen molar-refractivity contribution in [2.24, 2.45) is 0 Å². The molecule has 3 nitrogen and oxygen atoms in total. The maximum Gasteiger partial charge on any atom is 0.223 e. The van der Waals surface area contributed by atoms with Gasteiger partial charge in [-0.05, 0) is 25.5 Å². The Hall–Kier alpha value is -0.900. The van der Waals surface area contributed by atoms with Gasteiger partial charge in [0.25, 0.3) is 0 Å². The monoisotopic (exact) mass is 284 g/mol. The van der Waals surface area contributed by atoms with Gasteiger partial charge in [0.15, 0.2) is 0 Å². The molecule has 0 bridgehead atoms. The molecule has 1 rings (SSSR count). The fourth-order valence-corrected chi connectivity index (χ4v) is 1.81. The van der Waals surface area contributed by atoms with Crippen molar-refractivity contribution in [3.05, 3.63) is 30.1 Å². The molecule has 0 aliphatic carbocycles. The number of alkyl halides is 1. The number of carbonyl (C=O) groups is 1. The molecule has 0 aliphatic rings. The van der Waals surface area contributed by atoms with E-state index in [9.17, 15) is 4.79 Å². The molecule has 0 aliphatic heterocycles. The summed E-state index contributed by atoms with van der Waals surface area (Å²) in [7, 11) is 0. The molecule has 0 radical (unpaired) electrons. The zero-order chi connectivity index (χ0) is 12.0. The van der Waals surface area contributed by atoms with Crippen molar-refractivity contribution in [2.45, 2.75) is 32.9 Å². The van der Waals surface area contributed by atoms with Crippen molar-refractivity contribution in [3.8, 4) is 0 Å². The van der Waals surface area contributed by atoms with Gasteiger partial charge >= 0.3 is 0 Å². The summed E-state index contributed by atoms with van der Waals surface area (Å²) in [6.45, 7) is 4.70. The van der Waals surface area contributed by atoms with Crippen LogP contribution in [0.15, 0.2) is 24.5 Å². The third kappa shape index (κ3) is 3.93. The normalized spacial score (nSPS) is 10.5. The van der Waals surface area contributed by atoms with Crippen LogP contribution >= 0.6 is 15.9 Å². The fourth-order valence-electron chi connectivity index (χ4n) is 1.47. The Bertz CT molecular complexity index is 327. The van der Waals surface area contributed by atoms with Crippen LogP contribution in [0.4, 0.5) is 0 Å². The number of aromatic nitrogens is 1. The number of rotatable bonds is 5. The molecule has 1 aromatic rings. The summed E-state index contributed by atoms with van der Waals surface area (Å²) in [5, 5.41) is 0.710. The van der Waals surface area contributed by atoms with E-state index in [1.807, 2.05) is 30.9 Å². The topological polar surface area (TPSA) is 33.2 Å². The lowest BCUT2D eigenvalue weighted by Crippen LogP contribution is -2.36. The summed E-state index contributed by atoms with van der Waals surface area (Å²) in [6.07, 6.45) is 4.08. The minimum absolute atomic E-state index is 0.177. The molecular formula is C12H17BrN2O. The van der Waals surface area contributed by atoms with E-state index in [0.29, 0.717) is 18.3 Å². The smallest absolute Gasteiger partial charge is 0.223 e. The predicted octanol–water partition coefficient (Wildman–Crippen LogP) is 2.60. The molecule has 1 heterocycles. The largest absolute Gasteiger partial charge is 0.336 e. The molecule has 0 unspecified atom stereocenters. The first-order chi connectivity index (χ1) is 7.65. The molecule has 0 aromatic carbocycles. The van der Waals surface area contributed by atoms with Crippen molar-refractivity contribution in [3.63, 3.8) is 0 Å². The van der Waals surface area contributed by atoms with Crippen LogP contribution in [0.5, 0.6) is 0 Å². The molecule has 0 fully saturated rings. The molecule has 1 amide bonds. The maximum atomic E-state index is 11.9. The lowest BCUT2D eigenvalue weighted by Gasteiger charge is -2.26. The summed E-state index contributed by atoms with van der Waals surface area (Å²) in [4.78, 5) is 17.8. The van der Waals surface area contributed by atoms with E-state index in [1.165, 1.54) is 0 Å². The number of nitrogens with zero attached hydrogens (tertiary/aromatic N) is 2. The fraction of sp³-hybridized carbons (Fsp3) is 0.500. The molecule has 88 valence electrons. The first kappa shape index (κ1) is 13.2. The van der Waals surface area contributed by atoms with Crippen LogP contribution in [0, 0.1) is 0 Å². The second kappa shape index (κ2) is 6.63. The van der Waals surface area contributed by atoms with Crippen LogP contribution in [-0.4, -0.2) is 27.2 Å². The molecule has 0 spiro atoms. The van der Waals surface area contributed by atoms with Gasteiger partial charge in [0.05, 0.1) is 0 Å². The van der Waals surface area contributed by atoms with Gasteiger partial charge in [-0.15, -0.1) is 0 Å². The summed E-state index contributed by atoms with van der Waals surface area (Å²) < 4.78 is 0. The number of pyridine rings is 1. The van der Waals surface area contributed by atoms with Crippen molar-refractivity contribution in [1.29, 1.82) is 0 Å². The number of hydrogen-bond acceptors (Lipinski definition) is 2. The van der Waals surface area contributed by atoms with E-state index in [0.717, 1.165) is 5.56 Å². The quantitative estimate of drug-likeness (QED) is 0.779. The van der Waals surface area contributed by atoms with E-state index < -0.39 is 0 Å². The summed E-state index contributed by atoms with van der Waals surface area (Å²) in [5.74, 6) is 0.177. The molecule has 0 atom stereocenters. The Morgan fingerprint density at radius 3 is 2.81 bits per heavy atom. The van der Waals surface area contributed by atoms with Crippen LogP contribution in [0.25, 0.3) is 0 Å². The van der Waals surface area contributed by atoms with Crippen molar-refractivity contribution >= 4 is 21.8 Å². The third-order valence-corrected chi connectivity index (χ3v) is 2.72. The summed E-state index contributed by atoms with van der Waals surface area (Å²) in [5.41, 5.74) is 1.07. The van der Waals surface area contributed by atoms with Gasteiger partial charge in [0.2, 0.25) is 5.91 Å². The highest BCUT2D eigenvalue weighted by molar-refractivity contribution is 9.09. The third-order valence-electron chi connectivity index (χ3n) is 2.33. The minimum Gasteiger partial charge on any atom is -0.336 e. The Kier molecular flexibility index (Phi) is 5.46. The number of halogens is 1. The minimum atomic E-state index is 0.177. The molecule has 0 N–H and O–H groups in total.